The van der Waals surface area contributed by atoms with E-state index in [0.717, 1.165) is 0 Å². The summed E-state index contributed by atoms with van der Waals surface area (Å²) in [6.45, 7) is 0. The second-order valence-electron chi connectivity index (χ2n) is 0. The number of hydrogen-bond acceptors (Lipinski definition) is 2. The van der Waals surface area contributed by atoms with Gasteiger partial charge in [-0.25, -0.2) is 0 Å². The SMILES string of the molecule is N.N.[Fe].[H-].[H-].[Na+].[Na+]. The van der Waals surface area contributed by atoms with Gasteiger partial charge >= 0.3 is 59.1 Å². The first-order valence-electron chi connectivity index (χ1n) is 0. The van der Waals surface area contributed by atoms with Crippen molar-refractivity contribution in [3.8, 4) is 0 Å². The van der Waals surface area contributed by atoms with E-state index >= 15 is 0 Å². The van der Waals surface area contributed by atoms with E-state index in [1.807, 2.05) is 0 Å². The molecule has 0 aromatic carbocycles. The Labute approximate surface area is 90.0 Å². The Hall–Kier alpha value is 2.44. The largest absolute Gasteiger partial charge is 1.00 e. The Morgan fingerprint density at radius 1 is 0.800 bits per heavy atom. The first-order chi connectivity index (χ1) is 0. The van der Waals surface area contributed by atoms with Gasteiger partial charge < -0.3 is 15.2 Å². The van der Waals surface area contributed by atoms with E-state index in [9.17, 15) is 0 Å². The molecule has 0 aliphatic rings. The van der Waals surface area contributed by atoms with E-state index in [1.54, 1.807) is 0 Å². The van der Waals surface area contributed by atoms with Crippen molar-refractivity contribution in [1.29, 1.82) is 0 Å². The second kappa shape index (κ2) is 32.0. The van der Waals surface area contributed by atoms with E-state index in [0.29, 0.717) is 0 Å². The molecule has 0 aliphatic carbocycles. The molecular weight excluding hydrogens is 130 g/mol. The molecule has 0 saturated carbocycles. The van der Waals surface area contributed by atoms with Gasteiger partial charge in [-0.15, -0.1) is 0 Å². The summed E-state index contributed by atoms with van der Waals surface area (Å²) < 4.78 is 0. The Kier molecular flexibility index (Phi) is 332. The molecule has 0 heterocycles. The Morgan fingerprint density at radius 2 is 0.800 bits per heavy atom. The Bertz CT molecular complexity index is 13.7. The van der Waals surface area contributed by atoms with E-state index in [4.69, 9.17) is 0 Å². The van der Waals surface area contributed by atoms with Crippen molar-refractivity contribution in [1.82, 2.24) is 12.3 Å². The van der Waals surface area contributed by atoms with Gasteiger partial charge in [-0.3, -0.25) is 0 Å². The smallest absolute Gasteiger partial charge is 1.00 e. The van der Waals surface area contributed by atoms with Crippen molar-refractivity contribution < 1.29 is 79.0 Å². The van der Waals surface area contributed by atoms with Gasteiger partial charge in [-0.05, 0) is 0 Å². The van der Waals surface area contributed by atoms with Gasteiger partial charge in [0, 0.05) is 17.1 Å². The zero-order valence-corrected chi connectivity index (χ0v) is 8.87. The minimum Gasteiger partial charge on any atom is -1.00 e. The fourth-order valence-electron chi connectivity index (χ4n) is 0. The van der Waals surface area contributed by atoms with Crippen LogP contribution in [-0.4, -0.2) is 0 Å². The van der Waals surface area contributed by atoms with Crippen LogP contribution in [0.3, 0.4) is 0 Å². The van der Waals surface area contributed by atoms with Crippen LogP contribution < -0.4 is 71.4 Å². The van der Waals surface area contributed by atoms with Gasteiger partial charge in [-0.2, -0.15) is 0 Å². The van der Waals surface area contributed by atoms with E-state index < -0.39 is 0 Å². The maximum Gasteiger partial charge on any atom is 1.00 e. The molecule has 0 radical (unpaired) electrons. The predicted octanol–water partition coefficient (Wildman–Crippen LogP) is -5.45. The normalized spacial score (nSPS) is 0. The molecule has 0 fully saturated rings. The van der Waals surface area contributed by atoms with E-state index in [1.165, 1.54) is 0 Å². The van der Waals surface area contributed by atoms with Gasteiger partial charge in [-0.1, -0.05) is 0 Å². The summed E-state index contributed by atoms with van der Waals surface area (Å²) in [6, 6.07) is 0. The third-order valence-electron chi connectivity index (χ3n) is 0. The van der Waals surface area contributed by atoms with E-state index in [2.05, 4.69) is 0 Å². The van der Waals surface area contributed by atoms with Crippen molar-refractivity contribution in [2.75, 3.05) is 0 Å². The summed E-state index contributed by atoms with van der Waals surface area (Å²) in [4.78, 5) is 0. The Morgan fingerprint density at radius 3 is 0.800 bits per heavy atom. The van der Waals surface area contributed by atoms with Crippen molar-refractivity contribution in [3.05, 3.63) is 0 Å². The molecule has 0 amide bonds. The van der Waals surface area contributed by atoms with Gasteiger partial charge in [0.05, 0.1) is 0 Å². The standard InChI is InChI=1S/Fe.2H3N.2Na.2H/h;2*1H3;;;;/q;;;2*+1;2*-1. The number of hydrogen-bond donors (Lipinski definition) is 2. The van der Waals surface area contributed by atoms with Crippen molar-refractivity contribution in [3.63, 3.8) is 0 Å². The molecule has 0 atom stereocenters. The summed E-state index contributed by atoms with van der Waals surface area (Å²) in [6.07, 6.45) is 0. The van der Waals surface area contributed by atoms with Crippen molar-refractivity contribution >= 4 is 0 Å². The van der Waals surface area contributed by atoms with Crippen molar-refractivity contribution in [2.45, 2.75) is 0 Å². The molecule has 28 valence electrons. The van der Waals surface area contributed by atoms with Gasteiger partial charge in [0.1, 0.15) is 0 Å². The molecule has 0 bridgehead atoms. The summed E-state index contributed by atoms with van der Waals surface area (Å²) in [5, 5.41) is 0. The van der Waals surface area contributed by atoms with Crippen LogP contribution in [0.15, 0.2) is 0 Å². The quantitative estimate of drug-likeness (QED) is 0.328. The molecule has 0 rings (SSSR count). The summed E-state index contributed by atoms with van der Waals surface area (Å²) in [5.41, 5.74) is 0. The van der Waals surface area contributed by atoms with Crippen LogP contribution >= 0.6 is 0 Å². The molecule has 0 aromatic rings. The third-order valence-corrected chi connectivity index (χ3v) is 0. The van der Waals surface area contributed by atoms with Crippen LogP contribution in [0, 0.1) is 0 Å². The minimum absolute atomic E-state index is 0. The monoisotopic (exact) mass is 138 g/mol. The first kappa shape index (κ1) is 51.8. The van der Waals surface area contributed by atoms with Crippen LogP contribution in [0.25, 0.3) is 0 Å². The van der Waals surface area contributed by atoms with Crippen LogP contribution in [0.5, 0.6) is 0 Å². The molecule has 0 unspecified atom stereocenters. The topological polar surface area (TPSA) is 70.0 Å². The Balaban J connectivity index is 0. The van der Waals surface area contributed by atoms with Crippen LogP contribution in [0.1, 0.15) is 2.85 Å². The molecule has 2 nitrogen and oxygen atoms in total. The van der Waals surface area contributed by atoms with Crippen LogP contribution in [-0.2, 0) is 17.1 Å². The maximum atomic E-state index is 0. The van der Waals surface area contributed by atoms with Crippen molar-refractivity contribution in [2.24, 2.45) is 0 Å². The fourth-order valence-corrected chi connectivity index (χ4v) is 0. The second-order valence-corrected chi connectivity index (χ2v) is 0. The fraction of sp³-hybridized carbons (Fsp3) is 0. The molecule has 0 saturated heterocycles. The zero-order valence-electron chi connectivity index (χ0n) is 5.77. The summed E-state index contributed by atoms with van der Waals surface area (Å²) in [7, 11) is 0. The molecular formula is H8FeN2Na2. The third kappa shape index (κ3) is 21.3. The van der Waals surface area contributed by atoms with Gasteiger partial charge in [0.15, 0.2) is 0 Å². The van der Waals surface area contributed by atoms with Gasteiger partial charge in [0.2, 0.25) is 0 Å². The molecule has 0 spiro atoms. The first-order valence-corrected chi connectivity index (χ1v) is 0. The summed E-state index contributed by atoms with van der Waals surface area (Å²) >= 11 is 0. The maximum absolute atomic E-state index is 0. The predicted molar refractivity (Wildman–Crippen MR) is 12.3 cm³/mol. The molecule has 5 heavy (non-hydrogen) atoms. The minimum atomic E-state index is 0. The molecule has 0 aliphatic heterocycles. The van der Waals surface area contributed by atoms with E-state index in [-0.39, 0.29) is 91.3 Å². The number of rotatable bonds is 0. The van der Waals surface area contributed by atoms with Crippen LogP contribution in [0.2, 0.25) is 0 Å². The molecule has 5 heteroatoms. The average Bonchev–Trinajstić information content (AvgIpc) is 0. The molecule has 6 N–H and O–H groups in total. The summed E-state index contributed by atoms with van der Waals surface area (Å²) in [5.74, 6) is 0. The molecule has 0 aromatic heterocycles. The average molecular weight is 138 g/mol. The van der Waals surface area contributed by atoms with Gasteiger partial charge in [0.25, 0.3) is 0 Å². The van der Waals surface area contributed by atoms with Crippen LogP contribution in [0.4, 0.5) is 0 Å². The zero-order chi connectivity index (χ0) is 0.